The van der Waals surface area contributed by atoms with Crippen LogP contribution in [0.4, 0.5) is 0 Å². The number of rotatable bonds is 3. The predicted molar refractivity (Wildman–Crippen MR) is 88.5 cm³/mol. The van der Waals surface area contributed by atoms with Crippen molar-refractivity contribution in [2.24, 2.45) is 5.41 Å². The molecule has 1 aromatic rings. The zero-order valence-corrected chi connectivity index (χ0v) is 14.2. The predicted octanol–water partition coefficient (Wildman–Crippen LogP) is 5.07. The summed E-state index contributed by atoms with van der Waals surface area (Å²) in [7, 11) is 1.52. The molecule has 21 heavy (non-hydrogen) atoms. The van der Waals surface area contributed by atoms with E-state index in [4.69, 9.17) is 4.74 Å². The van der Waals surface area contributed by atoms with Crippen molar-refractivity contribution in [1.29, 1.82) is 0 Å². The van der Waals surface area contributed by atoms with Gasteiger partial charge < -0.3 is 4.74 Å². The molecule has 4 rings (SSSR count). The molecule has 0 heterocycles. The summed E-state index contributed by atoms with van der Waals surface area (Å²) in [5, 5.41) is 0. The van der Waals surface area contributed by atoms with E-state index >= 15 is 0 Å². The van der Waals surface area contributed by atoms with Gasteiger partial charge in [-0.2, -0.15) is 0 Å². The second-order valence-electron chi connectivity index (χ2n) is 5.87. The zero-order valence-electron chi connectivity index (χ0n) is 13.4. The van der Waals surface area contributed by atoms with Gasteiger partial charge in [0.1, 0.15) is 0 Å². The molecule has 0 radical (unpaired) electrons. The van der Waals surface area contributed by atoms with Crippen LogP contribution >= 0.6 is 11.8 Å². The molecule has 0 aromatic heterocycles. The lowest BCUT2D eigenvalue weighted by atomic mass is 9.60. The van der Waals surface area contributed by atoms with Crippen molar-refractivity contribution in [3.8, 4) is 0 Å². The minimum Gasteiger partial charge on any atom is -0.469 e. The molecule has 0 unspecified atom stereocenters. The van der Waals surface area contributed by atoms with E-state index in [0.717, 1.165) is 38.5 Å². The van der Waals surface area contributed by atoms with Gasteiger partial charge in [-0.25, -0.2) is 0 Å². The molecule has 0 spiro atoms. The van der Waals surface area contributed by atoms with Crippen LogP contribution in [0.15, 0.2) is 35.2 Å². The van der Waals surface area contributed by atoms with Gasteiger partial charge in [-0.1, -0.05) is 32.0 Å². The van der Waals surface area contributed by atoms with Crippen molar-refractivity contribution in [2.45, 2.75) is 62.0 Å². The SMILES string of the molecule is CC.COC(=O)C12CCC(Sc3ccccc3)(CC1)CC2. The van der Waals surface area contributed by atoms with Gasteiger partial charge in [-0.05, 0) is 50.7 Å². The third-order valence-electron chi connectivity index (χ3n) is 4.87. The van der Waals surface area contributed by atoms with Gasteiger partial charge in [0.05, 0.1) is 12.5 Å². The molecule has 0 aliphatic heterocycles. The van der Waals surface area contributed by atoms with Crippen LogP contribution in [0.2, 0.25) is 0 Å². The Bertz CT molecular complexity index is 445. The van der Waals surface area contributed by atoms with Gasteiger partial charge in [-0.3, -0.25) is 4.79 Å². The topological polar surface area (TPSA) is 26.3 Å². The Hall–Kier alpha value is -0.960. The Balaban J connectivity index is 0.000000774. The lowest BCUT2D eigenvalue weighted by Crippen LogP contribution is -2.48. The highest BCUT2D eigenvalue weighted by Gasteiger charge is 2.53. The summed E-state index contributed by atoms with van der Waals surface area (Å²) in [4.78, 5) is 13.3. The fraction of sp³-hybridized carbons (Fsp3) is 0.611. The van der Waals surface area contributed by atoms with E-state index in [2.05, 4.69) is 30.3 Å². The van der Waals surface area contributed by atoms with Gasteiger partial charge in [0.15, 0.2) is 0 Å². The molecule has 116 valence electrons. The summed E-state index contributed by atoms with van der Waals surface area (Å²) < 4.78 is 5.37. The van der Waals surface area contributed by atoms with Gasteiger partial charge in [0.25, 0.3) is 0 Å². The highest BCUT2D eigenvalue weighted by Crippen LogP contribution is 2.59. The molecule has 1 aromatic carbocycles. The standard InChI is InChI=1S/C16H20O2S.C2H6/c1-18-14(17)15-7-10-16(11-8-15,12-9-15)19-13-5-3-2-4-6-13;1-2/h2-6H,7-12H2,1H3;1-2H3. The minimum absolute atomic E-state index is 0.0190. The molecule has 0 atom stereocenters. The Kier molecular flexibility index (Phi) is 5.37. The van der Waals surface area contributed by atoms with Crippen LogP contribution in [-0.2, 0) is 9.53 Å². The maximum Gasteiger partial charge on any atom is 0.311 e. The number of thioether (sulfide) groups is 1. The van der Waals surface area contributed by atoms with Crippen LogP contribution in [0, 0.1) is 5.41 Å². The normalized spacial score (nSPS) is 30.2. The Labute approximate surface area is 132 Å². The van der Waals surface area contributed by atoms with E-state index in [9.17, 15) is 4.79 Å². The fourth-order valence-corrected chi connectivity index (χ4v) is 4.97. The molecule has 3 saturated carbocycles. The van der Waals surface area contributed by atoms with E-state index < -0.39 is 0 Å². The number of hydrogen-bond acceptors (Lipinski definition) is 3. The first kappa shape index (κ1) is 16.4. The molecule has 3 aliphatic rings. The van der Waals surface area contributed by atoms with E-state index in [1.807, 2.05) is 25.6 Å². The van der Waals surface area contributed by atoms with E-state index in [1.165, 1.54) is 12.0 Å². The third-order valence-corrected chi connectivity index (χ3v) is 6.43. The highest BCUT2D eigenvalue weighted by atomic mass is 32.2. The average Bonchev–Trinajstić information content (AvgIpc) is 2.58. The molecular formula is C18H26O2S. The number of carbonyl (C=O) groups is 1. The average molecular weight is 306 g/mol. The van der Waals surface area contributed by atoms with Crippen molar-refractivity contribution in [2.75, 3.05) is 7.11 Å². The maximum atomic E-state index is 12.0. The third kappa shape index (κ3) is 3.28. The van der Waals surface area contributed by atoms with Crippen LogP contribution in [0.5, 0.6) is 0 Å². The van der Waals surface area contributed by atoms with Crippen molar-refractivity contribution in [3.05, 3.63) is 30.3 Å². The zero-order chi connectivity index (χ0) is 15.3. The first-order chi connectivity index (χ1) is 10.2. The van der Waals surface area contributed by atoms with Gasteiger partial charge in [-0.15, -0.1) is 11.8 Å². The highest BCUT2D eigenvalue weighted by molar-refractivity contribution is 8.00. The Morgan fingerprint density at radius 1 is 1.00 bits per heavy atom. The van der Waals surface area contributed by atoms with Crippen LogP contribution in [0.25, 0.3) is 0 Å². The fourth-order valence-electron chi connectivity index (χ4n) is 3.57. The number of hydrogen-bond donors (Lipinski definition) is 0. The smallest absolute Gasteiger partial charge is 0.311 e. The van der Waals surface area contributed by atoms with E-state index in [-0.39, 0.29) is 11.4 Å². The van der Waals surface area contributed by atoms with E-state index in [0.29, 0.717) is 4.75 Å². The summed E-state index contributed by atoms with van der Waals surface area (Å²) in [5.41, 5.74) is -0.159. The lowest BCUT2D eigenvalue weighted by Gasteiger charge is -2.51. The lowest BCUT2D eigenvalue weighted by molar-refractivity contribution is -0.158. The molecule has 3 heteroatoms. The number of methoxy groups -OCH3 is 1. The first-order valence-corrected chi connectivity index (χ1v) is 8.82. The van der Waals surface area contributed by atoms with Crippen molar-refractivity contribution >= 4 is 17.7 Å². The number of benzene rings is 1. The number of fused-ring (bicyclic) bond motifs is 3. The monoisotopic (exact) mass is 306 g/mol. The number of carbonyl (C=O) groups excluding carboxylic acids is 1. The summed E-state index contributed by atoms with van der Waals surface area (Å²) in [5.74, 6) is 0.0190. The largest absolute Gasteiger partial charge is 0.469 e. The molecule has 3 fully saturated rings. The molecule has 0 saturated heterocycles. The summed E-state index contributed by atoms with van der Waals surface area (Å²) >= 11 is 2.02. The quantitative estimate of drug-likeness (QED) is 0.729. The molecular weight excluding hydrogens is 280 g/mol. The van der Waals surface area contributed by atoms with Crippen molar-refractivity contribution in [1.82, 2.24) is 0 Å². The minimum atomic E-state index is -0.159. The van der Waals surface area contributed by atoms with Crippen molar-refractivity contribution < 1.29 is 9.53 Å². The first-order valence-electron chi connectivity index (χ1n) is 8.01. The van der Waals surface area contributed by atoms with Gasteiger partial charge >= 0.3 is 5.97 Å². The van der Waals surface area contributed by atoms with Gasteiger partial charge in [0.2, 0.25) is 0 Å². The van der Waals surface area contributed by atoms with E-state index in [1.54, 1.807) is 0 Å². The molecule has 2 bridgehead atoms. The van der Waals surface area contributed by atoms with Crippen LogP contribution in [0.3, 0.4) is 0 Å². The maximum absolute atomic E-state index is 12.0. The molecule has 2 nitrogen and oxygen atoms in total. The van der Waals surface area contributed by atoms with Crippen LogP contribution in [0.1, 0.15) is 52.4 Å². The molecule has 3 aliphatic carbocycles. The summed E-state index contributed by atoms with van der Waals surface area (Å²) in [6.45, 7) is 4.00. The van der Waals surface area contributed by atoms with Gasteiger partial charge in [0, 0.05) is 9.64 Å². The number of esters is 1. The summed E-state index contributed by atoms with van der Waals surface area (Å²) in [6.07, 6.45) is 6.42. The Morgan fingerprint density at radius 2 is 1.52 bits per heavy atom. The summed E-state index contributed by atoms with van der Waals surface area (Å²) in [6, 6.07) is 10.6. The molecule has 0 amide bonds. The van der Waals surface area contributed by atoms with Crippen LogP contribution in [-0.4, -0.2) is 17.8 Å². The number of ether oxygens (including phenoxy) is 1. The van der Waals surface area contributed by atoms with Crippen LogP contribution < -0.4 is 0 Å². The second kappa shape index (κ2) is 6.87. The second-order valence-corrected chi connectivity index (χ2v) is 7.41. The van der Waals surface area contributed by atoms with Crippen molar-refractivity contribution in [3.63, 3.8) is 0 Å². The Morgan fingerprint density at radius 3 is 2.00 bits per heavy atom. The molecule has 0 N–H and O–H groups in total.